The molecule has 0 spiro atoms. The van der Waals surface area contributed by atoms with E-state index in [1.807, 2.05) is 30.3 Å². The molecule has 0 radical (unpaired) electrons. The minimum Gasteiger partial charge on any atom is -0.497 e. The number of methoxy groups -OCH3 is 2. The second kappa shape index (κ2) is 9.17. The largest absolute Gasteiger partial charge is 0.497 e. The summed E-state index contributed by atoms with van der Waals surface area (Å²) in [6.45, 7) is 4.44. The SMILES string of the molecule is CCC(CC)(Pc1ccccc1F)c1cc(OC)ccc1OCOC. The second-order valence-electron chi connectivity index (χ2n) is 5.81. The first-order valence-electron chi connectivity index (χ1n) is 8.43. The van der Waals surface area contributed by atoms with Crippen LogP contribution in [0.5, 0.6) is 11.5 Å². The molecule has 25 heavy (non-hydrogen) atoms. The lowest BCUT2D eigenvalue weighted by Crippen LogP contribution is -2.24. The van der Waals surface area contributed by atoms with Gasteiger partial charge in [0.2, 0.25) is 0 Å². The van der Waals surface area contributed by atoms with E-state index in [1.54, 1.807) is 20.3 Å². The fraction of sp³-hybridized carbons (Fsp3) is 0.400. The maximum atomic E-state index is 14.3. The van der Waals surface area contributed by atoms with Gasteiger partial charge in [-0.05, 0) is 37.1 Å². The monoisotopic (exact) mass is 364 g/mol. The molecule has 1 unspecified atom stereocenters. The van der Waals surface area contributed by atoms with Gasteiger partial charge in [0.25, 0.3) is 0 Å². The summed E-state index contributed by atoms with van der Waals surface area (Å²) in [5.41, 5.74) is 1.04. The van der Waals surface area contributed by atoms with Crippen molar-refractivity contribution in [3.05, 3.63) is 53.8 Å². The van der Waals surface area contributed by atoms with Crippen molar-refractivity contribution in [2.75, 3.05) is 21.0 Å². The van der Waals surface area contributed by atoms with E-state index < -0.39 is 0 Å². The van der Waals surface area contributed by atoms with E-state index in [9.17, 15) is 4.39 Å². The van der Waals surface area contributed by atoms with Gasteiger partial charge in [-0.3, -0.25) is 0 Å². The maximum absolute atomic E-state index is 14.3. The zero-order valence-corrected chi connectivity index (χ0v) is 16.3. The van der Waals surface area contributed by atoms with Gasteiger partial charge in [0.05, 0.1) is 7.11 Å². The molecule has 0 aromatic heterocycles. The molecule has 5 heteroatoms. The third-order valence-electron chi connectivity index (χ3n) is 4.49. The number of hydrogen-bond donors (Lipinski definition) is 0. The van der Waals surface area contributed by atoms with E-state index in [0.717, 1.165) is 35.2 Å². The van der Waals surface area contributed by atoms with Crippen molar-refractivity contribution < 1.29 is 18.6 Å². The highest BCUT2D eigenvalue weighted by atomic mass is 31.1. The van der Waals surface area contributed by atoms with Crippen molar-refractivity contribution in [2.24, 2.45) is 0 Å². The molecule has 0 aliphatic heterocycles. The highest BCUT2D eigenvalue weighted by molar-refractivity contribution is 7.48. The first-order chi connectivity index (χ1) is 12.1. The molecule has 2 aromatic carbocycles. The van der Waals surface area contributed by atoms with E-state index in [2.05, 4.69) is 13.8 Å². The number of hydrogen-bond acceptors (Lipinski definition) is 3. The summed E-state index contributed by atoms with van der Waals surface area (Å²) >= 11 is 0. The Balaban J connectivity index is 2.52. The topological polar surface area (TPSA) is 27.7 Å². The van der Waals surface area contributed by atoms with Crippen LogP contribution in [0.4, 0.5) is 4.39 Å². The van der Waals surface area contributed by atoms with Crippen LogP contribution in [0.25, 0.3) is 0 Å². The molecule has 3 nitrogen and oxygen atoms in total. The highest BCUT2D eigenvalue weighted by Crippen LogP contribution is 2.51. The van der Waals surface area contributed by atoms with Crippen LogP contribution in [0.3, 0.4) is 0 Å². The van der Waals surface area contributed by atoms with Crippen molar-refractivity contribution >= 4 is 13.9 Å². The van der Waals surface area contributed by atoms with Gasteiger partial charge in [-0.25, -0.2) is 4.39 Å². The Labute approximate surface area is 151 Å². The van der Waals surface area contributed by atoms with Gasteiger partial charge in [0.15, 0.2) is 6.79 Å². The quantitative estimate of drug-likeness (QED) is 0.471. The van der Waals surface area contributed by atoms with Crippen molar-refractivity contribution in [2.45, 2.75) is 31.8 Å². The van der Waals surface area contributed by atoms with Crippen LogP contribution in [-0.2, 0) is 9.89 Å². The Hall–Kier alpha value is -1.64. The summed E-state index contributed by atoms with van der Waals surface area (Å²) in [4.78, 5) is 0. The minimum absolute atomic E-state index is 0.158. The van der Waals surface area contributed by atoms with E-state index in [0.29, 0.717) is 8.58 Å². The Morgan fingerprint density at radius 1 is 1.04 bits per heavy atom. The van der Waals surface area contributed by atoms with Gasteiger partial charge in [0.1, 0.15) is 17.3 Å². The lowest BCUT2D eigenvalue weighted by Gasteiger charge is -2.34. The molecule has 1 atom stereocenters. The number of ether oxygens (including phenoxy) is 3. The first-order valence-corrected chi connectivity index (χ1v) is 9.43. The predicted molar refractivity (Wildman–Crippen MR) is 102 cm³/mol. The molecule has 0 heterocycles. The van der Waals surface area contributed by atoms with Gasteiger partial charge in [-0.2, -0.15) is 0 Å². The van der Waals surface area contributed by atoms with E-state index in [1.165, 1.54) is 6.07 Å². The Morgan fingerprint density at radius 2 is 1.76 bits per heavy atom. The molecular formula is C20H26FO3P. The normalized spacial score (nSPS) is 11.9. The van der Waals surface area contributed by atoms with Gasteiger partial charge in [-0.1, -0.05) is 40.6 Å². The second-order valence-corrected chi connectivity index (χ2v) is 7.55. The summed E-state index contributed by atoms with van der Waals surface area (Å²) in [5, 5.41) is 0.520. The lowest BCUT2D eigenvalue weighted by atomic mass is 9.91. The molecule has 2 rings (SSSR count). The van der Waals surface area contributed by atoms with Crippen LogP contribution < -0.4 is 14.8 Å². The Kier molecular flexibility index (Phi) is 7.22. The molecule has 2 aromatic rings. The third-order valence-corrected chi connectivity index (χ3v) is 6.62. The summed E-state index contributed by atoms with van der Waals surface area (Å²) < 4.78 is 30.6. The van der Waals surface area contributed by atoms with Gasteiger partial charge < -0.3 is 14.2 Å². The molecule has 0 fully saturated rings. The van der Waals surface area contributed by atoms with Crippen LogP contribution in [0.2, 0.25) is 0 Å². The standard InChI is InChI=1S/C20H26FO3P/c1-5-20(6-2,25-19-10-8-7-9-17(19)21)16-13-15(23-4)11-12-18(16)24-14-22-3/h7-13,25H,5-6,14H2,1-4H3. The van der Waals surface area contributed by atoms with Gasteiger partial charge in [0, 0.05) is 23.1 Å². The molecule has 0 aliphatic rings. The van der Waals surface area contributed by atoms with E-state index in [4.69, 9.17) is 14.2 Å². The van der Waals surface area contributed by atoms with Crippen molar-refractivity contribution in [1.29, 1.82) is 0 Å². The first kappa shape index (κ1) is 19.7. The molecule has 0 aliphatic carbocycles. The van der Waals surface area contributed by atoms with Crippen LogP contribution in [0, 0.1) is 5.82 Å². The van der Waals surface area contributed by atoms with Crippen molar-refractivity contribution in [3.8, 4) is 11.5 Å². The fourth-order valence-electron chi connectivity index (χ4n) is 2.95. The highest BCUT2D eigenvalue weighted by Gasteiger charge is 2.33. The van der Waals surface area contributed by atoms with Crippen LogP contribution >= 0.6 is 8.58 Å². The molecule has 136 valence electrons. The van der Waals surface area contributed by atoms with Crippen LogP contribution in [0.1, 0.15) is 32.3 Å². The molecule has 0 saturated heterocycles. The number of benzene rings is 2. The summed E-state index contributed by atoms with van der Waals surface area (Å²) in [6.07, 6.45) is 1.74. The van der Waals surface area contributed by atoms with E-state index in [-0.39, 0.29) is 17.8 Å². The number of halogens is 1. The van der Waals surface area contributed by atoms with Gasteiger partial charge >= 0.3 is 0 Å². The van der Waals surface area contributed by atoms with Crippen LogP contribution in [-0.4, -0.2) is 21.0 Å². The summed E-state index contributed by atoms with van der Waals surface area (Å²) in [6, 6.07) is 12.8. The molecule has 0 bridgehead atoms. The molecular weight excluding hydrogens is 338 g/mol. The smallest absolute Gasteiger partial charge is 0.188 e. The van der Waals surface area contributed by atoms with Crippen molar-refractivity contribution in [1.82, 2.24) is 0 Å². The Bertz CT molecular complexity index is 686. The minimum atomic E-state index is -0.222. The Morgan fingerprint density at radius 3 is 2.36 bits per heavy atom. The summed E-state index contributed by atoms with van der Waals surface area (Å²) in [7, 11) is 3.53. The van der Waals surface area contributed by atoms with Gasteiger partial charge in [-0.15, -0.1) is 0 Å². The predicted octanol–water partition coefficient (Wildman–Crippen LogP) is 4.84. The molecule has 0 amide bonds. The summed E-state index contributed by atoms with van der Waals surface area (Å²) in [5.74, 6) is 1.37. The van der Waals surface area contributed by atoms with E-state index >= 15 is 0 Å². The number of rotatable bonds is 9. The molecule has 0 saturated carbocycles. The lowest BCUT2D eigenvalue weighted by molar-refractivity contribution is 0.0499. The average Bonchev–Trinajstić information content (AvgIpc) is 2.66. The zero-order valence-electron chi connectivity index (χ0n) is 15.3. The average molecular weight is 364 g/mol. The third kappa shape index (κ3) is 4.50. The zero-order chi connectivity index (χ0) is 18.3. The molecule has 0 N–H and O–H groups in total. The van der Waals surface area contributed by atoms with Crippen LogP contribution in [0.15, 0.2) is 42.5 Å². The maximum Gasteiger partial charge on any atom is 0.188 e. The fourth-order valence-corrected chi connectivity index (χ4v) is 4.54. The van der Waals surface area contributed by atoms with Crippen molar-refractivity contribution in [3.63, 3.8) is 0 Å².